The number of hydrogen-bond acceptors (Lipinski definition) is 7. The number of nitrogens with two attached hydrogens (primary N) is 2. The van der Waals surface area contributed by atoms with E-state index in [9.17, 15) is 0 Å². The lowest BCUT2D eigenvalue weighted by atomic mass is 10.2. The number of nitrogens with zero attached hydrogens (tertiary/aromatic N) is 5. The van der Waals surface area contributed by atoms with Crippen LogP contribution in [0.3, 0.4) is 0 Å². The van der Waals surface area contributed by atoms with Crippen LogP contribution in [0.1, 0.15) is 0 Å². The van der Waals surface area contributed by atoms with Crippen LogP contribution < -0.4 is 21.7 Å². The summed E-state index contributed by atoms with van der Waals surface area (Å²) in [7, 11) is 0. The van der Waals surface area contributed by atoms with E-state index >= 15 is 0 Å². The molecule has 0 saturated carbocycles. The zero-order chi connectivity index (χ0) is 15.8. The third-order valence-corrected chi connectivity index (χ3v) is 4.03. The SMILES string of the molecule is Nc1ncc2nc(N)n(-c3ccc(N4CCNCC4)cc3)c2n1. The molecule has 0 atom stereocenters. The van der Waals surface area contributed by atoms with Gasteiger partial charge in [-0.3, -0.25) is 4.57 Å². The van der Waals surface area contributed by atoms with Gasteiger partial charge in [0.1, 0.15) is 5.52 Å². The second-order valence-electron chi connectivity index (χ2n) is 5.50. The van der Waals surface area contributed by atoms with Crippen LogP contribution in [-0.4, -0.2) is 45.7 Å². The molecule has 23 heavy (non-hydrogen) atoms. The maximum Gasteiger partial charge on any atom is 0.222 e. The van der Waals surface area contributed by atoms with Crippen LogP contribution in [0.15, 0.2) is 30.5 Å². The Morgan fingerprint density at radius 2 is 1.65 bits per heavy atom. The highest BCUT2D eigenvalue weighted by molar-refractivity contribution is 5.77. The molecule has 5 N–H and O–H groups in total. The number of hydrogen-bond donors (Lipinski definition) is 3. The Balaban J connectivity index is 1.73. The number of nitrogens with one attached hydrogen (secondary N) is 1. The first-order valence-corrected chi connectivity index (χ1v) is 7.55. The Morgan fingerprint density at radius 1 is 0.957 bits per heavy atom. The van der Waals surface area contributed by atoms with Crippen molar-refractivity contribution in [2.75, 3.05) is 42.5 Å². The van der Waals surface area contributed by atoms with Crippen molar-refractivity contribution in [3.63, 3.8) is 0 Å². The second kappa shape index (κ2) is 5.40. The van der Waals surface area contributed by atoms with Crippen LogP contribution >= 0.6 is 0 Å². The first kappa shape index (κ1) is 13.8. The van der Waals surface area contributed by atoms with Crippen molar-refractivity contribution < 1.29 is 0 Å². The largest absolute Gasteiger partial charge is 0.369 e. The van der Waals surface area contributed by atoms with Crippen molar-refractivity contribution in [1.82, 2.24) is 24.8 Å². The molecule has 1 aliphatic rings. The van der Waals surface area contributed by atoms with E-state index in [0.717, 1.165) is 31.9 Å². The van der Waals surface area contributed by atoms with E-state index < -0.39 is 0 Å². The third kappa shape index (κ3) is 2.42. The first-order chi connectivity index (χ1) is 11.2. The van der Waals surface area contributed by atoms with Crippen molar-refractivity contribution in [3.8, 4) is 5.69 Å². The van der Waals surface area contributed by atoms with Gasteiger partial charge in [-0.25, -0.2) is 9.97 Å². The fourth-order valence-corrected chi connectivity index (χ4v) is 2.90. The van der Waals surface area contributed by atoms with Crippen molar-refractivity contribution in [1.29, 1.82) is 0 Å². The minimum absolute atomic E-state index is 0.205. The van der Waals surface area contributed by atoms with Gasteiger partial charge in [-0.1, -0.05) is 0 Å². The number of fused-ring (bicyclic) bond motifs is 1. The molecule has 8 heteroatoms. The molecule has 0 amide bonds. The van der Waals surface area contributed by atoms with Gasteiger partial charge in [0.05, 0.1) is 11.9 Å². The van der Waals surface area contributed by atoms with Crippen LogP contribution in [0.4, 0.5) is 17.6 Å². The van der Waals surface area contributed by atoms with Gasteiger partial charge in [-0.05, 0) is 24.3 Å². The highest BCUT2D eigenvalue weighted by atomic mass is 15.2. The highest BCUT2D eigenvalue weighted by Crippen LogP contribution is 2.24. The summed E-state index contributed by atoms with van der Waals surface area (Å²) in [5.74, 6) is 0.575. The quantitative estimate of drug-likeness (QED) is 0.628. The van der Waals surface area contributed by atoms with Gasteiger partial charge >= 0.3 is 0 Å². The molecule has 3 heterocycles. The molecule has 1 fully saturated rings. The summed E-state index contributed by atoms with van der Waals surface area (Å²) >= 11 is 0. The molecule has 0 bridgehead atoms. The average Bonchev–Trinajstić information content (AvgIpc) is 2.91. The number of nitrogen functional groups attached to an aromatic ring is 2. The predicted molar refractivity (Wildman–Crippen MR) is 90.6 cm³/mol. The summed E-state index contributed by atoms with van der Waals surface area (Å²) in [5.41, 5.74) is 15.1. The minimum Gasteiger partial charge on any atom is -0.369 e. The Morgan fingerprint density at radius 3 is 2.39 bits per heavy atom. The Bertz CT molecular complexity index is 833. The lowest BCUT2D eigenvalue weighted by Crippen LogP contribution is -2.43. The number of imidazole rings is 1. The van der Waals surface area contributed by atoms with Gasteiger partial charge in [0, 0.05) is 31.9 Å². The molecule has 1 saturated heterocycles. The number of anilines is 3. The average molecular weight is 310 g/mol. The summed E-state index contributed by atoms with van der Waals surface area (Å²) in [6, 6.07) is 8.23. The fourth-order valence-electron chi connectivity index (χ4n) is 2.90. The van der Waals surface area contributed by atoms with Crippen molar-refractivity contribution in [3.05, 3.63) is 30.5 Å². The van der Waals surface area contributed by atoms with Gasteiger partial charge in [0.15, 0.2) is 5.65 Å². The van der Waals surface area contributed by atoms with Crippen LogP contribution in [0.2, 0.25) is 0 Å². The van der Waals surface area contributed by atoms with E-state index in [-0.39, 0.29) is 5.95 Å². The number of piperazine rings is 1. The molecule has 0 radical (unpaired) electrons. The monoisotopic (exact) mass is 310 g/mol. The van der Waals surface area contributed by atoms with Gasteiger partial charge in [0.25, 0.3) is 0 Å². The van der Waals surface area contributed by atoms with E-state index in [0.29, 0.717) is 17.1 Å². The number of rotatable bonds is 2. The maximum absolute atomic E-state index is 6.04. The second-order valence-corrected chi connectivity index (χ2v) is 5.50. The van der Waals surface area contributed by atoms with Crippen LogP contribution in [0, 0.1) is 0 Å². The van der Waals surface area contributed by atoms with E-state index in [2.05, 4.69) is 37.3 Å². The highest BCUT2D eigenvalue weighted by Gasteiger charge is 2.14. The number of aromatic nitrogens is 4. The zero-order valence-corrected chi connectivity index (χ0v) is 12.6. The molecule has 4 rings (SSSR count). The van der Waals surface area contributed by atoms with E-state index in [1.165, 1.54) is 5.69 Å². The van der Waals surface area contributed by atoms with E-state index in [1.807, 2.05) is 12.1 Å². The first-order valence-electron chi connectivity index (χ1n) is 7.55. The summed E-state index contributed by atoms with van der Waals surface area (Å²) in [6.07, 6.45) is 1.58. The van der Waals surface area contributed by atoms with Crippen molar-refractivity contribution in [2.45, 2.75) is 0 Å². The minimum atomic E-state index is 0.205. The Kier molecular flexibility index (Phi) is 3.23. The zero-order valence-electron chi connectivity index (χ0n) is 12.6. The fraction of sp³-hybridized carbons (Fsp3) is 0.267. The predicted octanol–water partition coefficient (Wildman–Crippen LogP) is 0.389. The van der Waals surface area contributed by atoms with Gasteiger partial charge < -0.3 is 21.7 Å². The molecule has 118 valence electrons. The third-order valence-electron chi connectivity index (χ3n) is 4.03. The molecule has 0 unspecified atom stereocenters. The summed E-state index contributed by atoms with van der Waals surface area (Å²) in [4.78, 5) is 14.8. The van der Waals surface area contributed by atoms with E-state index in [1.54, 1.807) is 10.8 Å². The Hall–Kier alpha value is -2.87. The summed E-state index contributed by atoms with van der Waals surface area (Å²) in [6.45, 7) is 4.05. The molecule has 0 spiro atoms. The van der Waals surface area contributed by atoms with Crippen LogP contribution in [0.25, 0.3) is 16.9 Å². The summed E-state index contributed by atoms with van der Waals surface area (Å²) < 4.78 is 1.79. The van der Waals surface area contributed by atoms with Crippen molar-refractivity contribution >= 4 is 28.7 Å². The Labute approximate surface area is 133 Å². The normalized spacial score (nSPS) is 15.2. The molecule has 1 aromatic carbocycles. The molecular formula is C15H18N8. The van der Waals surface area contributed by atoms with Gasteiger partial charge in [-0.2, -0.15) is 4.98 Å². The molecule has 2 aromatic heterocycles. The molecule has 1 aliphatic heterocycles. The van der Waals surface area contributed by atoms with E-state index in [4.69, 9.17) is 11.5 Å². The standard InChI is InChI=1S/C15H18N8/c16-14-19-9-12-13(21-14)23(15(17)20-12)11-3-1-10(2-4-11)22-7-5-18-6-8-22/h1-4,9,18H,5-8H2,(H2,17,20)(H2,16,19,21). The number of benzene rings is 1. The maximum atomic E-state index is 6.04. The van der Waals surface area contributed by atoms with Crippen LogP contribution in [0.5, 0.6) is 0 Å². The topological polar surface area (TPSA) is 111 Å². The summed E-state index contributed by atoms with van der Waals surface area (Å²) in [5, 5.41) is 3.35. The molecule has 8 nitrogen and oxygen atoms in total. The van der Waals surface area contributed by atoms with Gasteiger partial charge in [0.2, 0.25) is 11.9 Å². The smallest absolute Gasteiger partial charge is 0.222 e. The van der Waals surface area contributed by atoms with Gasteiger partial charge in [-0.15, -0.1) is 0 Å². The lowest BCUT2D eigenvalue weighted by Gasteiger charge is -2.29. The molecule has 3 aromatic rings. The lowest BCUT2D eigenvalue weighted by molar-refractivity contribution is 0.589. The molecule has 0 aliphatic carbocycles. The van der Waals surface area contributed by atoms with Crippen molar-refractivity contribution in [2.24, 2.45) is 0 Å². The molecular weight excluding hydrogens is 292 g/mol. The van der Waals surface area contributed by atoms with Crippen LogP contribution in [-0.2, 0) is 0 Å².